The average Bonchev–Trinajstić information content (AvgIpc) is 3.17. The van der Waals surface area contributed by atoms with Crippen LogP contribution in [0.2, 0.25) is 0 Å². The van der Waals surface area contributed by atoms with Gasteiger partial charge in [-0.2, -0.15) is 5.10 Å². The number of rotatable bonds is 6. The predicted molar refractivity (Wildman–Crippen MR) is 114 cm³/mol. The third kappa shape index (κ3) is 5.06. The van der Waals surface area contributed by atoms with Gasteiger partial charge in [-0.15, -0.1) is 24.2 Å². The largest absolute Gasteiger partial charge is 0.347 e. The monoisotopic (exact) mass is 408 g/mol. The van der Waals surface area contributed by atoms with Gasteiger partial charge < -0.3 is 10.6 Å². The van der Waals surface area contributed by atoms with E-state index in [9.17, 15) is 4.79 Å². The standard InChI is InChI=1S/C20H28N4OS.ClH/c1-15(2)26-18-7-5-17(6-8-18)16(3)23-19(25)20(9-12-21-13-10-20)24-14-4-11-22-24;/h4-8,11,14-16,21H,9-10,12-13H2,1-3H3,(H,23,25);1H. The summed E-state index contributed by atoms with van der Waals surface area (Å²) in [4.78, 5) is 14.5. The normalized spacial score (nSPS) is 17.2. The van der Waals surface area contributed by atoms with Gasteiger partial charge in [0.2, 0.25) is 5.91 Å². The summed E-state index contributed by atoms with van der Waals surface area (Å²) in [5, 5.41) is 11.5. The lowest BCUT2D eigenvalue weighted by molar-refractivity contribution is -0.132. The van der Waals surface area contributed by atoms with Gasteiger partial charge in [0, 0.05) is 22.5 Å². The minimum Gasteiger partial charge on any atom is -0.347 e. The SMILES string of the molecule is CC(C)Sc1ccc(C(C)NC(=O)C2(n3cccn3)CCNCC2)cc1.Cl. The highest BCUT2D eigenvalue weighted by molar-refractivity contribution is 7.99. The summed E-state index contributed by atoms with van der Waals surface area (Å²) in [6.45, 7) is 8.07. The van der Waals surface area contributed by atoms with E-state index < -0.39 is 5.54 Å². The van der Waals surface area contributed by atoms with Crippen LogP contribution in [0.25, 0.3) is 0 Å². The van der Waals surface area contributed by atoms with Crippen molar-refractivity contribution in [2.24, 2.45) is 0 Å². The molecule has 1 aromatic carbocycles. The fraction of sp³-hybridized carbons (Fsp3) is 0.500. The summed E-state index contributed by atoms with van der Waals surface area (Å²) in [7, 11) is 0. The van der Waals surface area contributed by atoms with Gasteiger partial charge in [-0.3, -0.25) is 9.48 Å². The third-order valence-electron chi connectivity index (χ3n) is 4.90. The fourth-order valence-corrected chi connectivity index (χ4v) is 4.28. The number of carbonyl (C=O) groups is 1. The molecule has 1 amide bonds. The second kappa shape index (κ2) is 9.62. The number of aromatic nitrogens is 2. The van der Waals surface area contributed by atoms with Gasteiger partial charge in [0.05, 0.1) is 6.04 Å². The van der Waals surface area contributed by atoms with Crippen LogP contribution in [0.4, 0.5) is 0 Å². The molecule has 0 bridgehead atoms. The first-order valence-electron chi connectivity index (χ1n) is 9.30. The summed E-state index contributed by atoms with van der Waals surface area (Å²) in [5.41, 5.74) is 0.521. The number of nitrogens with one attached hydrogen (secondary N) is 2. The number of carbonyl (C=O) groups excluding carboxylic acids is 1. The molecule has 2 heterocycles. The quantitative estimate of drug-likeness (QED) is 0.714. The van der Waals surface area contributed by atoms with Gasteiger partial charge in [0.15, 0.2) is 0 Å². The molecule has 1 aliphatic rings. The van der Waals surface area contributed by atoms with Crippen LogP contribution < -0.4 is 10.6 Å². The molecule has 2 aromatic rings. The van der Waals surface area contributed by atoms with Crippen molar-refractivity contribution in [1.82, 2.24) is 20.4 Å². The van der Waals surface area contributed by atoms with Crippen molar-refractivity contribution in [2.75, 3.05) is 13.1 Å². The first-order chi connectivity index (χ1) is 12.5. The van der Waals surface area contributed by atoms with Gasteiger partial charge in [0.25, 0.3) is 0 Å². The van der Waals surface area contributed by atoms with Crippen LogP contribution in [0.1, 0.15) is 45.2 Å². The van der Waals surface area contributed by atoms with Crippen LogP contribution in [0.5, 0.6) is 0 Å². The van der Waals surface area contributed by atoms with Gasteiger partial charge in [-0.05, 0) is 56.6 Å². The Balaban J connectivity index is 0.00000261. The van der Waals surface area contributed by atoms with Crippen molar-refractivity contribution in [1.29, 1.82) is 0 Å². The molecule has 1 aliphatic heterocycles. The molecule has 5 nitrogen and oxygen atoms in total. The number of halogens is 1. The maximum Gasteiger partial charge on any atom is 0.248 e. The molecule has 2 N–H and O–H groups in total. The molecule has 27 heavy (non-hydrogen) atoms. The van der Waals surface area contributed by atoms with Gasteiger partial charge in [-0.25, -0.2) is 0 Å². The lowest BCUT2D eigenvalue weighted by atomic mass is 9.87. The number of thioether (sulfide) groups is 1. The summed E-state index contributed by atoms with van der Waals surface area (Å²) in [6.07, 6.45) is 5.13. The molecule has 1 fully saturated rings. The van der Waals surface area contributed by atoms with E-state index >= 15 is 0 Å². The van der Waals surface area contributed by atoms with Crippen LogP contribution in [0, 0.1) is 0 Å². The van der Waals surface area contributed by atoms with E-state index in [0.29, 0.717) is 5.25 Å². The Morgan fingerprint density at radius 3 is 2.44 bits per heavy atom. The highest BCUT2D eigenvalue weighted by Gasteiger charge is 2.42. The number of nitrogens with zero attached hydrogens (tertiary/aromatic N) is 2. The summed E-state index contributed by atoms with van der Waals surface area (Å²) in [6, 6.07) is 10.3. The van der Waals surface area contributed by atoms with Crippen LogP contribution in [-0.4, -0.2) is 34.0 Å². The van der Waals surface area contributed by atoms with E-state index in [4.69, 9.17) is 0 Å². The predicted octanol–water partition coefficient (Wildman–Crippen LogP) is 3.76. The third-order valence-corrected chi connectivity index (χ3v) is 5.91. The molecule has 1 aromatic heterocycles. The first-order valence-corrected chi connectivity index (χ1v) is 10.2. The summed E-state index contributed by atoms with van der Waals surface area (Å²) >= 11 is 1.85. The molecule has 3 rings (SSSR count). The lowest BCUT2D eigenvalue weighted by Gasteiger charge is -2.37. The van der Waals surface area contributed by atoms with Crippen molar-refractivity contribution in [3.8, 4) is 0 Å². The minimum absolute atomic E-state index is 0. The van der Waals surface area contributed by atoms with Crippen LogP contribution in [-0.2, 0) is 10.3 Å². The molecular formula is C20H29ClN4OS. The number of benzene rings is 1. The second-order valence-corrected chi connectivity index (χ2v) is 8.81. The number of piperidine rings is 1. The number of hydrogen-bond acceptors (Lipinski definition) is 4. The van der Waals surface area contributed by atoms with E-state index in [1.807, 2.05) is 35.6 Å². The van der Waals surface area contributed by atoms with Gasteiger partial charge in [-0.1, -0.05) is 26.0 Å². The maximum absolute atomic E-state index is 13.2. The van der Waals surface area contributed by atoms with Crippen molar-refractivity contribution in [3.05, 3.63) is 48.3 Å². The van der Waals surface area contributed by atoms with E-state index in [2.05, 4.69) is 53.8 Å². The highest BCUT2D eigenvalue weighted by Crippen LogP contribution is 2.29. The molecule has 0 radical (unpaired) electrons. The molecular weight excluding hydrogens is 380 g/mol. The average molecular weight is 409 g/mol. The van der Waals surface area contributed by atoms with E-state index in [-0.39, 0.29) is 24.4 Å². The Kier molecular flexibility index (Phi) is 7.77. The molecule has 1 unspecified atom stereocenters. The smallest absolute Gasteiger partial charge is 0.248 e. The Bertz CT molecular complexity index is 712. The molecule has 1 saturated heterocycles. The van der Waals surface area contributed by atoms with Gasteiger partial charge in [0.1, 0.15) is 5.54 Å². The molecule has 0 aliphatic carbocycles. The number of amides is 1. The van der Waals surface area contributed by atoms with Crippen molar-refractivity contribution in [3.63, 3.8) is 0 Å². The topological polar surface area (TPSA) is 59.0 Å². The zero-order chi connectivity index (χ0) is 18.6. The Morgan fingerprint density at radius 2 is 1.89 bits per heavy atom. The minimum atomic E-state index is -0.601. The Morgan fingerprint density at radius 1 is 1.22 bits per heavy atom. The molecule has 148 valence electrons. The summed E-state index contributed by atoms with van der Waals surface area (Å²) in [5.74, 6) is 0.0517. The zero-order valence-corrected chi connectivity index (χ0v) is 17.8. The van der Waals surface area contributed by atoms with E-state index in [1.54, 1.807) is 6.20 Å². The fourth-order valence-electron chi connectivity index (χ4n) is 3.44. The van der Waals surface area contributed by atoms with Gasteiger partial charge >= 0.3 is 0 Å². The van der Waals surface area contributed by atoms with Crippen molar-refractivity contribution < 1.29 is 4.79 Å². The lowest BCUT2D eigenvalue weighted by Crippen LogP contribution is -2.55. The number of hydrogen-bond donors (Lipinski definition) is 2. The first kappa shape index (κ1) is 21.8. The zero-order valence-electron chi connectivity index (χ0n) is 16.1. The van der Waals surface area contributed by atoms with Crippen molar-refractivity contribution in [2.45, 2.75) is 55.3 Å². The van der Waals surface area contributed by atoms with Crippen LogP contribution >= 0.6 is 24.2 Å². The molecule has 0 saturated carbocycles. The summed E-state index contributed by atoms with van der Waals surface area (Å²) < 4.78 is 1.83. The van der Waals surface area contributed by atoms with E-state index in [1.165, 1.54) is 4.90 Å². The van der Waals surface area contributed by atoms with E-state index in [0.717, 1.165) is 31.5 Å². The molecule has 0 spiro atoms. The molecule has 7 heteroatoms. The highest BCUT2D eigenvalue weighted by atomic mass is 35.5. The molecule has 1 atom stereocenters. The van der Waals surface area contributed by atoms with Crippen LogP contribution in [0.15, 0.2) is 47.6 Å². The maximum atomic E-state index is 13.2. The Hall–Kier alpha value is -1.50. The Labute approximate surface area is 172 Å². The van der Waals surface area contributed by atoms with Crippen LogP contribution in [0.3, 0.4) is 0 Å². The second-order valence-electron chi connectivity index (χ2n) is 7.16. The van der Waals surface area contributed by atoms with Crippen molar-refractivity contribution >= 4 is 30.1 Å².